The second-order valence-corrected chi connectivity index (χ2v) is 10.6. The standard InChI is InChI=1S/C28H32ClN7O3/c1-28(7-8-28)39-27-24-26(32-18-33-27)36(17-22-23(37-2)4-3-9-31-22)25(34-24)20-6-5-19(16-21(20)29)38-15-14-35-12-10-30-11-13-35/h3-6,9,16,18,30H,7-8,10-15,17H2,1-2H3. The minimum absolute atomic E-state index is 0.212. The highest BCUT2D eigenvalue weighted by molar-refractivity contribution is 6.33. The van der Waals surface area contributed by atoms with Gasteiger partial charge in [0.2, 0.25) is 5.88 Å². The Balaban J connectivity index is 1.34. The summed E-state index contributed by atoms with van der Waals surface area (Å²) in [5, 5.41) is 3.90. The Kier molecular flexibility index (Phi) is 7.24. The van der Waals surface area contributed by atoms with Crippen LogP contribution in [0, 0.1) is 0 Å². The molecule has 1 aliphatic heterocycles. The number of fused-ring (bicyclic) bond motifs is 1. The van der Waals surface area contributed by atoms with Gasteiger partial charge < -0.3 is 24.1 Å². The first-order valence-corrected chi connectivity index (χ1v) is 13.6. The van der Waals surface area contributed by atoms with E-state index in [2.05, 4.69) is 32.1 Å². The zero-order chi connectivity index (χ0) is 26.8. The maximum Gasteiger partial charge on any atom is 0.245 e. The molecule has 0 radical (unpaired) electrons. The topological polar surface area (TPSA) is 99.5 Å². The van der Waals surface area contributed by atoms with Crippen molar-refractivity contribution in [2.75, 3.05) is 46.4 Å². The number of methoxy groups -OCH3 is 1. The lowest BCUT2D eigenvalue weighted by Gasteiger charge is -2.26. The van der Waals surface area contributed by atoms with Crippen LogP contribution >= 0.6 is 11.6 Å². The van der Waals surface area contributed by atoms with Crippen molar-refractivity contribution >= 4 is 22.8 Å². The predicted octanol–water partition coefficient (Wildman–Crippen LogP) is 3.81. The predicted molar refractivity (Wildman–Crippen MR) is 149 cm³/mol. The monoisotopic (exact) mass is 549 g/mol. The van der Waals surface area contributed by atoms with Crippen LogP contribution in [-0.2, 0) is 6.54 Å². The van der Waals surface area contributed by atoms with Gasteiger partial charge in [-0.05, 0) is 50.1 Å². The number of imidazole rings is 1. The zero-order valence-electron chi connectivity index (χ0n) is 22.2. The molecule has 39 heavy (non-hydrogen) atoms. The van der Waals surface area contributed by atoms with Gasteiger partial charge in [0, 0.05) is 44.5 Å². The lowest BCUT2D eigenvalue weighted by molar-refractivity contribution is 0.191. The number of ether oxygens (including phenoxy) is 3. The number of piperazine rings is 1. The highest BCUT2D eigenvalue weighted by Crippen LogP contribution is 2.41. The van der Waals surface area contributed by atoms with Gasteiger partial charge in [0.25, 0.3) is 0 Å². The Labute approximate surface area is 232 Å². The van der Waals surface area contributed by atoms with E-state index in [9.17, 15) is 0 Å². The molecule has 2 fully saturated rings. The lowest BCUT2D eigenvalue weighted by atomic mass is 10.2. The molecule has 0 bridgehead atoms. The summed E-state index contributed by atoms with van der Waals surface area (Å²) in [7, 11) is 1.63. The van der Waals surface area contributed by atoms with E-state index in [1.807, 2.05) is 34.9 Å². The van der Waals surface area contributed by atoms with Crippen molar-refractivity contribution in [3.05, 3.63) is 53.6 Å². The Bertz CT molecular complexity index is 1470. The minimum Gasteiger partial charge on any atom is -0.495 e. The van der Waals surface area contributed by atoms with Crippen LogP contribution in [0.25, 0.3) is 22.6 Å². The maximum atomic E-state index is 6.85. The van der Waals surface area contributed by atoms with E-state index in [-0.39, 0.29) is 5.60 Å². The maximum absolute atomic E-state index is 6.85. The third-order valence-corrected chi connectivity index (χ3v) is 7.55. The van der Waals surface area contributed by atoms with Crippen molar-refractivity contribution in [3.8, 4) is 28.8 Å². The van der Waals surface area contributed by atoms with Gasteiger partial charge in [-0.2, -0.15) is 4.98 Å². The van der Waals surface area contributed by atoms with Gasteiger partial charge in [0.1, 0.15) is 41.6 Å². The molecule has 11 heteroatoms. The second-order valence-electron chi connectivity index (χ2n) is 10.2. The SMILES string of the molecule is COc1cccnc1Cn1c(-c2ccc(OCCN3CCNCC3)cc2Cl)nc2c(OC3(C)CC3)ncnc21. The van der Waals surface area contributed by atoms with Crippen molar-refractivity contribution in [2.24, 2.45) is 0 Å². The fourth-order valence-corrected chi connectivity index (χ4v) is 4.98. The zero-order valence-corrected chi connectivity index (χ0v) is 22.9. The Morgan fingerprint density at radius 1 is 1.10 bits per heavy atom. The highest BCUT2D eigenvalue weighted by Gasteiger charge is 2.41. The molecule has 0 spiro atoms. The summed E-state index contributed by atoms with van der Waals surface area (Å²) in [5.74, 6) is 2.51. The molecule has 10 nitrogen and oxygen atoms in total. The van der Waals surface area contributed by atoms with E-state index in [1.54, 1.807) is 13.3 Å². The molecule has 1 saturated heterocycles. The molecule has 1 aliphatic carbocycles. The second kappa shape index (κ2) is 11.0. The van der Waals surface area contributed by atoms with E-state index in [0.29, 0.717) is 46.8 Å². The first kappa shape index (κ1) is 25.8. The van der Waals surface area contributed by atoms with Crippen LogP contribution in [0.15, 0.2) is 42.9 Å². The fraction of sp³-hybridized carbons (Fsp3) is 0.429. The van der Waals surface area contributed by atoms with Gasteiger partial charge in [-0.25, -0.2) is 9.97 Å². The van der Waals surface area contributed by atoms with Gasteiger partial charge >= 0.3 is 0 Å². The lowest BCUT2D eigenvalue weighted by Crippen LogP contribution is -2.44. The Morgan fingerprint density at radius 3 is 2.72 bits per heavy atom. The summed E-state index contributed by atoms with van der Waals surface area (Å²) >= 11 is 6.85. The molecule has 1 saturated carbocycles. The van der Waals surface area contributed by atoms with E-state index in [1.165, 1.54) is 6.33 Å². The Morgan fingerprint density at radius 2 is 1.95 bits per heavy atom. The van der Waals surface area contributed by atoms with Crippen molar-refractivity contribution in [1.29, 1.82) is 0 Å². The third kappa shape index (κ3) is 5.63. The van der Waals surface area contributed by atoms with Crippen LogP contribution in [-0.4, -0.2) is 81.4 Å². The highest BCUT2D eigenvalue weighted by atomic mass is 35.5. The third-order valence-electron chi connectivity index (χ3n) is 7.24. The first-order chi connectivity index (χ1) is 19.0. The number of benzene rings is 1. The summed E-state index contributed by atoms with van der Waals surface area (Å²) in [4.78, 5) is 20.9. The molecule has 1 aromatic carbocycles. The normalized spacial score (nSPS) is 16.8. The van der Waals surface area contributed by atoms with Crippen molar-refractivity contribution in [2.45, 2.75) is 31.9 Å². The van der Waals surface area contributed by atoms with Crippen molar-refractivity contribution < 1.29 is 14.2 Å². The average Bonchev–Trinajstić information content (AvgIpc) is 3.57. The van der Waals surface area contributed by atoms with Crippen LogP contribution < -0.4 is 19.5 Å². The number of pyridine rings is 1. The van der Waals surface area contributed by atoms with Gasteiger partial charge in [0.15, 0.2) is 11.2 Å². The molecule has 2 aliphatic rings. The molecule has 1 N–H and O–H groups in total. The van der Waals surface area contributed by atoms with Gasteiger partial charge in [-0.15, -0.1) is 0 Å². The number of hydrogen-bond donors (Lipinski definition) is 1. The first-order valence-electron chi connectivity index (χ1n) is 13.3. The van der Waals surface area contributed by atoms with E-state index in [4.69, 9.17) is 30.8 Å². The molecule has 4 heterocycles. The molecule has 4 aromatic rings. The summed E-state index contributed by atoms with van der Waals surface area (Å²) in [5.41, 5.74) is 2.52. The van der Waals surface area contributed by atoms with E-state index >= 15 is 0 Å². The molecule has 0 unspecified atom stereocenters. The molecule has 0 atom stereocenters. The summed E-state index contributed by atoms with van der Waals surface area (Å²) < 4.78 is 19.8. The molecule has 3 aromatic heterocycles. The number of nitrogens with zero attached hydrogens (tertiary/aromatic N) is 6. The Hall–Kier alpha value is -3.47. The number of nitrogens with one attached hydrogen (secondary N) is 1. The van der Waals surface area contributed by atoms with Crippen LogP contribution in [0.2, 0.25) is 5.02 Å². The quantitative estimate of drug-likeness (QED) is 0.316. The molecule has 204 valence electrons. The number of hydrogen-bond acceptors (Lipinski definition) is 9. The fourth-order valence-electron chi connectivity index (χ4n) is 4.73. The van der Waals surface area contributed by atoms with E-state index in [0.717, 1.165) is 62.6 Å². The van der Waals surface area contributed by atoms with Crippen LogP contribution in [0.4, 0.5) is 0 Å². The molecular formula is C28H32ClN7O3. The van der Waals surface area contributed by atoms with Gasteiger partial charge in [-0.3, -0.25) is 9.88 Å². The summed E-state index contributed by atoms with van der Waals surface area (Å²) in [6, 6.07) is 9.44. The molecule has 6 rings (SSSR count). The van der Waals surface area contributed by atoms with Gasteiger partial charge in [0.05, 0.1) is 18.7 Å². The van der Waals surface area contributed by atoms with Crippen LogP contribution in [0.3, 0.4) is 0 Å². The number of halogens is 1. The average molecular weight is 550 g/mol. The minimum atomic E-state index is -0.212. The largest absolute Gasteiger partial charge is 0.495 e. The van der Waals surface area contributed by atoms with Crippen LogP contribution in [0.5, 0.6) is 17.4 Å². The number of rotatable bonds is 10. The number of aromatic nitrogens is 5. The molecular weight excluding hydrogens is 518 g/mol. The van der Waals surface area contributed by atoms with Crippen LogP contribution in [0.1, 0.15) is 25.5 Å². The van der Waals surface area contributed by atoms with Gasteiger partial charge in [-0.1, -0.05) is 11.6 Å². The molecule has 0 amide bonds. The van der Waals surface area contributed by atoms with Crippen molar-refractivity contribution in [3.63, 3.8) is 0 Å². The van der Waals surface area contributed by atoms with E-state index < -0.39 is 0 Å². The summed E-state index contributed by atoms with van der Waals surface area (Å²) in [6.07, 6.45) is 5.23. The smallest absolute Gasteiger partial charge is 0.245 e. The summed E-state index contributed by atoms with van der Waals surface area (Å²) in [6.45, 7) is 8.04. The van der Waals surface area contributed by atoms with Crippen molar-refractivity contribution in [1.82, 2.24) is 34.7 Å².